The van der Waals surface area contributed by atoms with Gasteiger partial charge < -0.3 is 19.4 Å². The van der Waals surface area contributed by atoms with Gasteiger partial charge in [-0.25, -0.2) is 0 Å². The molecule has 1 aliphatic heterocycles. The van der Waals surface area contributed by atoms with Gasteiger partial charge in [0.15, 0.2) is 0 Å². The molecule has 0 bridgehead atoms. The molecule has 1 saturated heterocycles. The van der Waals surface area contributed by atoms with Crippen molar-refractivity contribution in [3.8, 4) is 11.5 Å². The molecule has 30 heavy (non-hydrogen) atoms. The monoisotopic (exact) mass is 448 g/mol. The Kier molecular flexibility index (Phi) is 4.91. The van der Waals surface area contributed by atoms with E-state index in [0.29, 0.717) is 22.6 Å². The number of carboxylic acids is 1. The average Bonchev–Trinajstić information content (AvgIpc) is 3.39. The Morgan fingerprint density at radius 1 is 1.10 bits per heavy atom. The van der Waals surface area contributed by atoms with Gasteiger partial charge in [-0.2, -0.15) is 0 Å². The van der Waals surface area contributed by atoms with Gasteiger partial charge in [-0.15, -0.1) is 0 Å². The molecule has 0 N–H and O–H groups in total. The number of benzene rings is 2. The Hall–Kier alpha value is -2.77. The van der Waals surface area contributed by atoms with Crippen LogP contribution in [0.15, 0.2) is 36.4 Å². The van der Waals surface area contributed by atoms with Crippen LogP contribution in [0.3, 0.4) is 0 Å². The predicted octanol–water partition coefficient (Wildman–Crippen LogP) is 1.81. The lowest BCUT2D eigenvalue weighted by Crippen LogP contribution is -2.42. The van der Waals surface area contributed by atoms with Crippen LogP contribution in [0.5, 0.6) is 11.5 Å². The molecule has 2 aromatic carbocycles. The second-order valence-corrected chi connectivity index (χ2v) is 7.99. The lowest BCUT2D eigenvalue weighted by atomic mass is 9.91. The Morgan fingerprint density at radius 2 is 1.83 bits per heavy atom. The minimum atomic E-state index is -1.54. The maximum absolute atomic E-state index is 13.4. The zero-order valence-electron chi connectivity index (χ0n) is 16.0. The van der Waals surface area contributed by atoms with Crippen molar-refractivity contribution in [3.05, 3.63) is 57.6 Å². The maximum Gasteiger partial charge on any atom is 0.241 e. The van der Waals surface area contributed by atoms with Crippen molar-refractivity contribution in [2.45, 2.75) is 12.0 Å². The molecule has 3 unspecified atom stereocenters. The van der Waals surface area contributed by atoms with Crippen LogP contribution < -0.4 is 14.6 Å². The SMILES string of the molecule is COc1ccc(CN2C(=O)C3C(C(=O)[O-])C3(c3ccc(Cl)c(Cl)c3)C2=O)c(OC)c1. The summed E-state index contributed by atoms with van der Waals surface area (Å²) >= 11 is 12.0. The zero-order chi connectivity index (χ0) is 21.8. The van der Waals surface area contributed by atoms with Crippen LogP contribution in [0.4, 0.5) is 0 Å². The predicted molar refractivity (Wildman–Crippen MR) is 105 cm³/mol. The lowest BCUT2D eigenvalue weighted by molar-refractivity contribution is -0.309. The first-order chi connectivity index (χ1) is 14.3. The second-order valence-electron chi connectivity index (χ2n) is 7.18. The third-order valence-electron chi connectivity index (χ3n) is 5.81. The number of piperidine rings is 1. The molecule has 2 aliphatic rings. The molecule has 0 aromatic heterocycles. The summed E-state index contributed by atoms with van der Waals surface area (Å²) in [4.78, 5) is 39.2. The number of amides is 2. The van der Waals surface area contributed by atoms with Crippen molar-refractivity contribution in [2.75, 3.05) is 14.2 Å². The van der Waals surface area contributed by atoms with Crippen LogP contribution >= 0.6 is 23.2 Å². The van der Waals surface area contributed by atoms with Gasteiger partial charge in [-0.05, 0) is 29.8 Å². The molecule has 2 amide bonds. The molecule has 0 radical (unpaired) electrons. The summed E-state index contributed by atoms with van der Waals surface area (Å²) in [6.07, 6.45) is 0. The molecule has 2 fully saturated rings. The van der Waals surface area contributed by atoms with Gasteiger partial charge in [-0.3, -0.25) is 14.5 Å². The van der Waals surface area contributed by atoms with Gasteiger partial charge in [0.25, 0.3) is 0 Å². The largest absolute Gasteiger partial charge is 0.550 e. The van der Waals surface area contributed by atoms with Crippen LogP contribution in [0.1, 0.15) is 11.1 Å². The van der Waals surface area contributed by atoms with Gasteiger partial charge in [0, 0.05) is 23.5 Å². The summed E-state index contributed by atoms with van der Waals surface area (Å²) in [5.41, 5.74) is -0.627. The van der Waals surface area contributed by atoms with E-state index in [4.69, 9.17) is 32.7 Å². The van der Waals surface area contributed by atoms with Crippen molar-refractivity contribution in [1.82, 2.24) is 4.90 Å². The molecule has 4 rings (SSSR count). The number of halogens is 2. The number of ether oxygens (including phenoxy) is 2. The normalized spacial score (nSPS) is 24.6. The molecule has 156 valence electrons. The summed E-state index contributed by atoms with van der Waals surface area (Å²) in [6.45, 7) is -0.0653. The summed E-state index contributed by atoms with van der Waals surface area (Å²) in [5, 5.41) is 12.1. The summed E-state index contributed by atoms with van der Waals surface area (Å²) in [6, 6.07) is 9.43. The first kappa shape index (κ1) is 20.5. The van der Waals surface area contributed by atoms with E-state index in [9.17, 15) is 19.5 Å². The molecule has 7 nitrogen and oxygen atoms in total. The number of hydrogen-bond donors (Lipinski definition) is 0. The van der Waals surface area contributed by atoms with Crippen LogP contribution in [-0.4, -0.2) is 36.9 Å². The first-order valence-electron chi connectivity index (χ1n) is 9.00. The molecule has 1 saturated carbocycles. The number of carbonyl (C=O) groups is 3. The Balaban J connectivity index is 1.73. The molecular weight excluding hydrogens is 433 g/mol. The van der Waals surface area contributed by atoms with Gasteiger partial charge in [-0.1, -0.05) is 29.3 Å². The van der Waals surface area contributed by atoms with Crippen LogP contribution in [0.25, 0.3) is 0 Å². The molecule has 1 aliphatic carbocycles. The number of aliphatic carboxylic acids is 1. The third kappa shape index (κ3) is 2.76. The Labute approximate surface area is 182 Å². The Bertz CT molecular complexity index is 1090. The van der Waals surface area contributed by atoms with E-state index >= 15 is 0 Å². The number of nitrogens with zero attached hydrogens (tertiary/aromatic N) is 1. The van der Waals surface area contributed by atoms with Crippen LogP contribution in [0, 0.1) is 11.8 Å². The lowest BCUT2D eigenvalue weighted by Gasteiger charge is -2.24. The molecule has 9 heteroatoms. The third-order valence-corrected chi connectivity index (χ3v) is 6.55. The Morgan fingerprint density at radius 3 is 2.43 bits per heavy atom. The molecule has 3 atom stereocenters. The fourth-order valence-corrected chi connectivity index (χ4v) is 4.64. The van der Waals surface area contributed by atoms with E-state index in [1.54, 1.807) is 18.2 Å². The fraction of sp³-hybridized carbons (Fsp3) is 0.286. The zero-order valence-corrected chi connectivity index (χ0v) is 17.5. The summed E-state index contributed by atoms with van der Waals surface area (Å²) in [5.74, 6) is -3.92. The smallest absolute Gasteiger partial charge is 0.241 e. The highest BCUT2D eigenvalue weighted by Gasteiger charge is 2.80. The number of methoxy groups -OCH3 is 2. The number of rotatable bonds is 6. The van der Waals surface area contributed by atoms with E-state index in [1.807, 2.05) is 0 Å². The van der Waals surface area contributed by atoms with Crippen molar-refractivity contribution in [1.29, 1.82) is 0 Å². The van der Waals surface area contributed by atoms with Crippen LogP contribution in [-0.2, 0) is 26.3 Å². The van der Waals surface area contributed by atoms with E-state index in [1.165, 1.54) is 32.4 Å². The van der Waals surface area contributed by atoms with Gasteiger partial charge in [0.05, 0.1) is 42.1 Å². The maximum atomic E-state index is 13.4. The highest BCUT2D eigenvalue weighted by Crippen LogP contribution is 2.65. The standard InChI is InChI=1S/C21H17Cl2NO6/c1-29-12-5-3-10(15(8-12)30-2)9-24-18(25)16-17(19(26)27)21(16,20(24)28)11-4-6-13(22)14(23)7-11/h3-8,16-17H,9H2,1-2H3,(H,26,27)/p-1. The number of imide groups is 1. The number of carboxylic acid groups (broad SMARTS) is 1. The van der Waals surface area contributed by atoms with Crippen molar-refractivity contribution in [3.63, 3.8) is 0 Å². The van der Waals surface area contributed by atoms with E-state index in [2.05, 4.69) is 0 Å². The molecular formula is C21H16Cl2NO6-. The fourth-order valence-electron chi connectivity index (χ4n) is 4.34. The highest BCUT2D eigenvalue weighted by atomic mass is 35.5. The first-order valence-corrected chi connectivity index (χ1v) is 9.76. The summed E-state index contributed by atoms with van der Waals surface area (Å²) in [7, 11) is 2.98. The van der Waals surface area contributed by atoms with E-state index < -0.39 is 35.0 Å². The van der Waals surface area contributed by atoms with Crippen molar-refractivity contribution in [2.24, 2.45) is 11.8 Å². The number of carbonyl (C=O) groups excluding carboxylic acids is 3. The van der Waals surface area contributed by atoms with E-state index in [0.717, 1.165) is 4.90 Å². The topological polar surface area (TPSA) is 96.0 Å². The number of fused-ring (bicyclic) bond motifs is 1. The van der Waals surface area contributed by atoms with Gasteiger partial charge in [0.2, 0.25) is 11.8 Å². The molecule has 0 spiro atoms. The second kappa shape index (κ2) is 7.18. The number of hydrogen-bond acceptors (Lipinski definition) is 6. The molecule has 1 heterocycles. The van der Waals surface area contributed by atoms with Crippen molar-refractivity contribution >= 4 is 41.0 Å². The van der Waals surface area contributed by atoms with Crippen molar-refractivity contribution < 1.29 is 29.0 Å². The number of likely N-dealkylation sites (tertiary alicyclic amines) is 1. The summed E-state index contributed by atoms with van der Waals surface area (Å²) < 4.78 is 10.5. The highest BCUT2D eigenvalue weighted by molar-refractivity contribution is 6.42. The molecule has 2 aromatic rings. The van der Waals surface area contributed by atoms with Gasteiger partial charge in [0.1, 0.15) is 11.5 Å². The van der Waals surface area contributed by atoms with Gasteiger partial charge >= 0.3 is 0 Å². The average molecular weight is 449 g/mol. The minimum Gasteiger partial charge on any atom is -0.550 e. The minimum absolute atomic E-state index is 0.0653. The quantitative estimate of drug-likeness (QED) is 0.625. The van der Waals surface area contributed by atoms with E-state index in [-0.39, 0.29) is 16.6 Å². The van der Waals surface area contributed by atoms with Crippen LogP contribution in [0.2, 0.25) is 10.0 Å².